The summed E-state index contributed by atoms with van der Waals surface area (Å²) in [6.07, 6.45) is 24.5. The predicted molar refractivity (Wildman–Crippen MR) is 107 cm³/mol. The second-order valence-corrected chi connectivity index (χ2v) is 7.59. The van der Waals surface area contributed by atoms with Crippen LogP contribution in [-0.4, -0.2) is 18.0 Å². The highest BCUT2D eigenvalue weighted by Crippen LogP contribution is 2.20. The minimum absolute atomic E-state index is 0.0112. The highest BCUT2D eigenvalue weighted by molar-refractivity contribution is 5.78. The van der Waals surface area contributed by atoms with Crippen LogP contribution in [0.3, 0.4) is 0 Å². The molecule has 0 fully saturated rings. The van der Waals surface area contributed by atoms with Gasteiger partial charge in [-0.15, -0.1) is 0 Å². The van der Waals surface area contributed by atoms with Crippen LogP contribution >= 0.6 is 0 Å². The van der Waals surface area contributed by atoms with Crippen LogP contribution in [0.2, 0.25) is 0 Å². The van der Waals surface area contributed by atoms with Gasteiger partial charge in [-0.2, -0.15) is 0 Å². The Labute approximate surface area is 150 Å². The van der Waals surface area contributed by atoms with Crippen molar-refractivity contribution in [1.29, 1.82) is 0 Å². The second-order valence-electron chi connectivity index (χ2n) is 7.59. The molecule has 0 saturated heterocycles. The van der Waals surface area contributed by atoms with E-state index in [1.165, 1.54) is 64.2 Å². The van der Waals surface area contributed by atoms with Crippen LogP contribution in [0.25, 0.3) is 0 Å². The molecule has 2 heteroatoms. The molecular formula is C22H39NO. The summed E-state index contributed by atoms with van der Waals surface area (Å²) in [6, 6.07) is 0. The Morgan fingerprint density at radius 2 is 1.46 bits per heavy atom. The van der Waals surface area contributed by atoms with Gasteiger partial charge in [-0.25, -0.2) is 4.99 Å². The van der Waals surface area contributed by atoms with Crippen LogP contribution in [0.15, 0.2) is 29.3 Å². The van der Waals surface area contributed by atoms with Gasteiger partial charge in [0.1, 0.15) is 6.61 Å². The van der Waals surface area contributed by atoms with Crippen LogP contribution in [0.4, 0.5) is 0 Å². The van der Waals surface area contributed by atoms with Crippen molar-refractivity contribution in [2.45, 2.75) is 103 Å². The fourth-order valence-corrected chi connectivity index (χ4v) is 2.96. The number of rotatable bonds is 14. The first-order valence-corrected chi connectivity index (χ1v) is 10.2. The molecule has 0 spiro atoms. The number of aliphatic imine (C=N–C) groups is 1. The largest absolute Gasteiger partial charge is 0.478 e. The molecule has 0 aromatic heterocycles. The summed E-state index contributed by atoms with van der Waals surface area (Å²) in [7, 11) is 0. The highest BCUT2D eigenvalue weighted by atomic mass is 16.5. The monoisotopic (exact) mass is 333 g/mol. The molecular weight excluding hydrogens is 294 g/mol. The fraction of sp³-hybridized carbons (Fsp3) is 0.773. The summed E-state index contributed by atoms with van der Waals surface area (Å²) in [5.74, 6) is 0.985. The first-order chi connectivity index (χ1) is 11.6. The highest BCUT2D eigenvalue weighted by Gasteiger charge is 2.25. The van der Waals surface area contributed by atoms with Crippen molar-refractivity contribution in [3.05, 3.63) is 24.3 Å². The maximum Gasteiger partial charge on any atom is 0.183 e. The van der Waals surface area contributed by atoms with Crippen LogP contribution in [0.1, 0.15) is 97.8 Å². The third-order valence-corrected chi connectivity index (χ3v) is 4.40. The third kappa shape index (κ3) is 11.5. The van der Waals surface area contributed by atoms with E-state index in [4.69, 9.17) is 4.74 Å². The zero-order chi connectivity index (χ0) is 17.5. The van der Waals surface area contributed by atoms with Gasteiger partial charge in [-0.1, -0.05) is 76.2 Å². The van der Waals surface area contributed by atoms with Crippen LogP contribution in [-0.2, 0) is 4.74 Å². The van der Waals surface area contributed by atoms with Crippen LogP contribution in [0.5, 0.6) is 0 Å². The van der Waals surface area contributed by atoms with Crippen molar-refractivity contribution < 1.29 is 4.74 Å². The lowest BCUT2D eigenvalue weighted by molar-refractivity contribution is 0.273. The van der Waals surface area contributed by atoms with Crippen molar-refractivity contribution in [2.24, 2.45) is 4.99 Å². The first-order valence-electron chi connectivity index (χ1n) is 10.2. The van der Waals surface area contributed by atoms with Gasteiger partial charge < -0.3 is 4.74 Å². The quantitative estimate of drug-likeness (QED) is 0.247. The number of allylic oxidation sites excluding steroid dienone is 4. The van der Waals surface area contributed by atoms with E-state index in [2.05, 4.69) is 50.1 Å². The average molecular weight is 334 g/mol. The maximum atomic E-state index is 5.63. The molecule has 0 aromatic carbocycles. The van der Waals surface area contributed by atoms with Gasteiger partial charge in [-0.05, 0) is 39.5 Å². The van der Waals surface area contributed by atoms with Crippen LogP contribution in [0, 0.1) is 0 Å². The van der Waals surface area contributed by atoms with Crippen molar-refractivity contribution in [3.8, 4) is 0 Å². The molecule has 0 saturated carbocycles. The minimum atomic E-state index is 0.0112. The maximum absolute atomic E-state index is 5.63. The summed E-state index contributed by atoms with van der Waals surface area (Å²) in [5, 5.41) is 0. The van der Waals surface area contributed by atoms with Gasteiger partial charge in [0.05, 0.1) is 5.54 Å². The van der Waals surface area contributed by atoms with Gasteiger partial charge in [0.25, 0.3) is 0 Å². The smallest absolute Gasteiger partial charge is 0.183 e. The zero-order valence-corrected chi connectivity index (χ0v) is 16.4. The number of ether oxygens (including phenoxy) is 1. The second kappa shape index (κ2) is 13.3. The van der Waals surface area contributed by atoms with Crippen molar-refractivity contribution >= 4 is 5.90 Å². The van der Waals surface area contributed by atoms with Crippen molar-refractivity contribution in [3.63, 3.8) is 0 Å². The van der Waals surface area contributed by atoms with Gasteiger partial charge >= 0.3 is 0 Å². The van der Waals surface area contributed by atoms with Gasteiger partial charge in [0, 0.05) is 6.42 Å². The normalized spacial score (nSPS) is 16.9. The Balaban J connectivity index is 1.80. The SMILES string of the molecule is CC/C=C/C=C/CCCCCCCCCCCC1=NC(C)(C)CO1. The van der Waals surface area contributed by atoms with E-state index in [0.29, 0.717) is 0 Å². The van der Waals surface area contributed by atoms with Gasteiger partial charge in [0.2, 0.25) is 0 Å². The molecule has 0 aromatic rings. The Morgan fingerprint density at radius 1 is 0.875 bits per heavy atom. The summed E-state index contributed by atoms with van der Waals surface area (Å²) in [5.41, 5.74) is 0.0112. The molecule has 0 amide bonds. The lowest BCUT2D eigenvalue weighted by Crippen LogP contribution is -2.17. The molecule has 0 radical (unpaired) electrons. The molecule has 0 bridgehead atoms. The molecule has 138 valence electrons. The van der Waals surface area contributed by atoms with Gasteiger partial charge in [-0.3, -0.25) is 0 Å². The Hall–Kier alpha value is -1.05. The zero-order valence-electron chi connectivity index (χ0n) is 16.4. The Bertz CT molecular complexity index is 393. The first kappa shape index (κ1) is 21.0. The van der Waals surface area contributed by atoms with E-state index < -0.39 is 0 Å². The topological polar surface area (TPSA) is 21.6 Å². The lowest BCUT2D eigenvalue weighted by atomic mass is 10.1. The molecule has 0 unspecified atom stereocenters. The number of unbranched alkanes of at least 4 members (excludes halogenated alkanes) is 9. The van der Waals surface area contributed by atoms with E-state index in [-0.39, 0.29) is 5.54 Å². The van der Waals surface area contributed by atoms with Crippen molar-refractivity contribution in [1.82, 2.24) is 0 Å². The Morgan fingerprint density at radius 3 is 2.04 bits per heavy atom. The summed E-state index contributed by atoms with van der Waals surface area (Å²) >= 11 is 0. The third-order valence-electron chi connectivity index (χ3n) is 4.40. The predicted octanol–water partition coefficient (Wildman–Crippen LogP) is 7.01. The number of hydrogen-bond acceptors (Lipinski definition) is 2. The van der Waals surface area contributed by atoms with E-state index in [9.17, 15) is 0 Å². The molecule has 1 aliphatic heterocycles. The summed E-state index contributed by atoms with van der Waals surface area (Å²) in [6.45, 7) is 7.21. The number of hydrogen-bond donors (Lipinski definition) is 0. The number of nitrogens with zero attached hydrogens (tertiary/aromatic N) is 1. The van der Waals surface area contributed by atoms with Crippen LogP contribution < -0.4 is 0 Å². The van der Waals surface area contributed by atoms with E-state index in [1.54, 1.807) is 0 Å². The molecule has 1 heterocycles. The van der Waals surface area contributed by atoms with Crippen molar-refractivity contribution in [2.75, 3.05) is 6.61 Å². The van der Waals surface area contributed by atoms with E-state index in [1.807, 2.05) is 0 Å². The van der Waals surface area contributed by atoms with E-state index >= 15 is 0 Å². The fourth-order valence-electron chi connectivity index (χ4n) is 2.96. The average Bonchev–Trinajstić information content (AvgIpc) is 2.90. The molecule has 0 aliphatic carbocycles. The minimum Gasteiger partial charge on any atom is -0.478 e. The van der Waals surface area contributed by atoms with Gasteiger partial charge in [0.15, 0.2) is 5.90 Å². The Kier molecular flexibility index (Phi) is 11.6. The molecule has 2 nitrogen and oxygen atoms in total. The molecule has 0 atom stereocenters. The molecule has 0 N–H and O–H groups in total. The molecule has 24 heavy (non-hydrogen) atoms. The van der Waals surface area contributed by atoms with E-state index in [0.717, 1.165) is 25.3 Å². The standard InChI is InChI=1S/C22H39NO/c1-4-5-6-7-8-9-10-11-12-13-14-15-16-17-18-19-21-23-22(2,3)20-24-21/h5-8H,4,9-20H2,1-3H3/b6-5+,8-7+. The summed E-state index contributed by atoms with van der Waals surface area (Å²) < 4.78 is 5.63. The lowest BCUT2D eigenvalue weighted by Gasteiger charge is -2.07. The molecule has 1 rings (SSSR count). The summed E-state index contributed by atoms with van der Waals surface area (Å²) in [4.78, 5) is 4.61. The molecule has 1 aliphatic rings.